The zero-order valence-electron chi connectivity index (χ0n) is 26.1. The molecule has 0 aromatic heterocycles. The van der Waals surface area contributed by atoms with Gasteiger partial charge in [-0.25, -0.2) is 9.59 Å². The van der Waals surface area contributed by atoms with Crippen molar-refractivity contribution in [3.63, 3.8) is 0 Å². The molecule has 11 heteroatoms. The van der Waals surface area contributed by atoms with Crippen LogP contribution in [0.5, 0.6) is 0 Å². The molecule has 5 atom stereocenters. The van der Waals surface area contributed by atoms with Crippen molar-refractivity contribution >= 4 is 29.8 Å². The SMILES string of the molecule is CC[C@H](C)[C@H](NC(=O)OCc1ccccc1)C(=O)N(C)[C@@H](C)C(=O)N1CC[C@H]1C(=O)N(CC)[C@@H](Cc1ccccc1)C(=O)O. The minimum atomic E-state index is -1.12. The molecule has 1 aliphatic rings. The van der Waals surface area contributed by atoms with Gasteiger partial charge in [-0.3, -0.25) is 14.4 Å². The van der Waals surface area contributed by atoms with E-state index in [9.17, 15) is 29.1 Å². The average Bonchev–Trinajstić information content (AvgIpc) is 3.01. The van der Waals surface area contributed by atoms with Gasteiger partial charge in [-0.1, -0.05) is 80.9 Å². The number of carboxylic acid groups (broad SMARTS) is 1. The van der Waals surface area contributed by atoms with Gasteiger partial charge in [0.05, 0.1) is 0 Å². The third-order valence-corrected chi connectivity index (χ3v) is 8.40. The lowest BCUT2D eigenvalue weighted by Crippen LogP contribution is -2.64. The van der Waals surface area contributed by atoms with Gasteiger partial charge in [0.2, 0.25) is 17.7 Å². The molecular weight excluding hydrogens is 564 g/mol. The van der Waals surface area contributed by atoms with E-state index >= 15 is 0 Å². The fourth-order valence-electron chi connectivity index (χ4n) is 5.19. The summed E-state index contributed by atoms with van der Waals surface area (Å²) in [5, 5.41) is 12.6. The van der Waals surface area contributed by atoms with Crippen molar-refractivity contribution in [2.75, 3.05) is 20.1 Å². The molecule has 2 N–H and O–H groups in total. The van der Waals surface area contributed by atoms with Crippen LogP contribution in [0, 0.1) is 5.92 Å². The quantitative estimate of drug-likeness (QED) is 0.336. The first-order valence-corrected chi connectivity index (χ1v) is 15.1. The van der Waals surface area contributed by atoms with Crippen LogP contribution in [0.15, 0.2) is 60.7 Å². The summed E-state index contributed by atoms with van der Waals surface area (Å²) in [6.45, 7) is 7.55. The van der Waals surface area contributed by atoms with E-state index in [2.05, 4.69) is 5.32 Å². The number of likely N-dealkylation sites (N-methyl/N-ethyl adjacent to an activating group) is 2. The number of ether oxygens (including phenoxy) is 1. The van der Waals surface area contributed by atoms with Gasteiger partial charge in [0.15, 0.2) is 0 Å². The van der Waals surface area contributed by atoms with E-state index in [1.54, 1.807) is 13.8 Å². The second-order valence-electron chi connectivity index (χ2n) is 11.2. The van der Waals surface area contributed by atoms with Crippen molar-refractivity contribution < 1.29 is 33.8 Å². The van der Waals surface area contributed by atoms with Gasteiger partial charge >= 0.3 is 12.1 Å². The topological polar surface area (TPSA) is 137 Å². The summed E-state index contributed by atoms with van der Waals surface area (Å²) < 4.78 is 5.32. The first kappa shape index (κ1) is 34.1. The zero-order valence-corrected chi connectivity index (χ0v) is 26.1. The highest BCUT2D eigenvalue weighted by molar-refractivity contribution is 5.95. The molecule has 44 heavy (non-hydrogen) atoms. The average molecular weight is 609 g/mol. The summed E-state index contributed by atoms with van der Waals surface area (Å²) >= 11 is 0. The Morgan fingerprint density at radius 1 is 0.977 bits per heavy atom. The number of hydrogen-bond acceptors (Lipinski definition) is 6. The molecule has 0 saturated carbocycles. The maximum Gasteiger partial charge on any atom is 0.408 e. The van der Waals surface area contributed by atoms with E-state index in [-0.39, 0.29) is 25.5 Å². The molecular formula is C33H44N4O7. The summed E-state index contributed by atoms with van der Waals surface area (Å²) in [5.74, 6) is -2.68. The van der Waals surface area contributed by atoms with E-state index in [1.807, 2.05) is 74.5 Å². The molecule has 11 nitrogen and oxygen atoms in total. The van der Waals surface area contributed by atoms with Crippen LogP contribution in [0.4, 0.5) is 4.79 Å². The number of amides is 4. The number of alkyl carbamates (subject to hydrolysis) is 1. The number of hydrogen-bond donors (Lipinski definition) is 2. The van der Waals surface area contributed by atoms with Crippen molar-refractivity contribution in [1.82, 2.24) is 20.0 Å². The van der Waals surface area contributed by atoms with Gasteiger partial charge in [-0.15, -0.1) is 0 Å². The number of rotatable bonds is 14. The normalized spacial score (nSPS) is 16.8. The van der Waals surface area contributed by atoms with Crippen LogP contribution in [0.1, 0.15) is 51.7 Å². The van der Waals surface area contributed by atoms with Crippen molar-refractivity contribution in [2.45, 2.75) is 77.7 Å². The number of nitrogens with one attached hydrogen (secondary N) is 1. The molecule has 1 fully saturated rings. The van der Waals surface area contributed by atoms with Gasteiger partial charge in [0.1, 0.15) is 30.8 Å². The Bertz CT molecular complexity index is 1290. The smallest absolute Gasteiger partial charge is 0.408 e. The van der Waals surface area contributed by atoms with Crippen LogP contribution in [-0.4, -0.2) is 93.9 Å². The highest BCUT2D eigenvalue weighted by atomic mass is 16.5. The lowest BCUT2D eigenvalue weighted by atomic mass is 9.96. The standard InChI is InChI=1S/C33H44N4O7/c1-6-22(3)28(34-33(43)44-21-25-16-12-9-13-17-25)31(40)35(5)23(4)29(38)37-19-18-26(37)30(39)36(7-2)27(32(41)42)20-24-14-10-8-11-15-24/h8-17,22-23,26-28H,6-7,18-21H2,1-5H3,(H,34,43)(H,41,42)/t22-,23-,26-,27-,28-/m0/s1. The van der Waals surface area contributed by atoms with Gasteiger partial charge < -0.3 is 29.9 Å². The maximum atomic E-state index is 13.6. The molecule has 1 heterocycles. The molecule has 4 amide bonds. The fourth-order valence-corrected chi connectivity index (χ4v) is 5.19. The van der Waals surface area contributed by atoms with Crippen molar-refractivity contribution in [1.29, 1.82) is 0 Å². The number of carbonyl (C=O) groups excluding carboxylic acids is 4. The number of aliphatic carboxylic acids is 1. The van der Waals surface area contributed by atoms with Crippen molar-refractivity contribution in [3.8, 4) is 0 Å². The van der Waals surface area contributed by atoms with Crippen LogP contribution in [0.25, 0.3) is 0 Å². The van der Waals surface area contributed by atoms with Crippen molar-refractivity contribution in [3.05, 3.63) is 71.8 Å². The fraction of sp³-hybridized carbons (Fsp3) is 0.485. The van der Waals surface area contributed by atoms with E-state index in [1.165, 1.54) is 21.7 Å². The van der Waals surface area contributed by atoms with E-state index < -0.39 is 54.0 Å². The summed E-state index contributed by atoms with van der Waals surface area (Å²) in [4.78, 5) is 69.5. The van der Waals surface area contributed by atoms with E-state index in [4.69, 9.17) is 4.74 Å². The third kappa shape index (κ3) is 8.36. The largest absolute Gasteiger partial charge is 0.480 e. The van der Waals surface area contributed by atoms with Gasteiger partial charge in [-0.2, -0.15) is 0 Å². The Hall–Kier alpha value is -4.41. The molecule has 1 aliphatic heterocycles. The van der Waals surface area contributed by atoms with Gasteiger partial charge in [0, 0.05) is 26.6 Å². The number of likely N-dealkylation sites (tertiary alicyclic amines) is 1. The van der Waals surface area contributed by atoms with Crippen LogP contribution >= 0.6 is 0 Å². The molecule has 0 aliphatic carbocycles. The number of carboxylic acids is 1. The molecule has 3 rings (SSSR count). The van der Waals surface area contributed by atoms with E-state index in [0.717, 1.165) is 11.1 Å². The Morgan fingerprint density at radius 2 is 1.57 bits per heavy atom. The second-order valence-corrected chi connectivity index (χ2v) is 11.2. The monoisotopic (exact) mass is 608 g/mol. The minimum Gasteiger partial charge on any atom is -0.480 e. The predicted octanol–water partition coefficient (Wildman–Crippen LogP) is 3.32. The van der Waals surface area contributed by atoms with E-state index in [0.29, 0.717) is 19.4 Å². The predicted molar refractivity (Wildman–Crippen MR) is 164 cm³/mol. The molecule has 238 valence electrons. The Labute approximate surface area is 259 Å². The molecule has 1 saturated heterocycles. The third-order valence-electron chi connectivity index (χ3n) is 8.40. The Kier molecular flexibility index (Phi) is 12.3. The van der Waals surface area contributed by atoms with Crippen LogP contribution < -0.4 is 5.32 Å². The summed E-state index contributed by atoms with van der Waals surface area (Å²) in [6.07, 6.45) is 0.390. The Balaban J connectivity index is 1.66. The molecule has 0 spiro atoms. The van der Waals surface area contributed by atoms with Crippen molar-refractivity contribution in [2.24, 2.45) is 5.92 Å². The first-order chi connectivity index (χ1) is 21.0. The maximum absolute atomic E-state index is 13.6. The summed E-state index contributed by atoms with van der Waals surface area (Å²) in [7, 11) is 1.49. The molecule has 0 unspecified atom stereocenters. The zero-order chi connectivity index (χ0) is 32.4. The highest BCUT2D eigenvalue weighted by Gasteiger charge is 2.45. The molecule has 0 radical (unpaired) electrons. The molecule has 2 aromatic rings. The second kappa shape index (κ2) is 15.9. The number of benzene rings is 2. The number of carbonyl (C=O) groups is 5. The van der Waals surface area contributed by atoms with Crippen LogP contribution in [0.3, 0.4) is 0 Å². The van der Waals surface area contributed by atoms with Crippen LogP contribution in [0.2, 0.25) is 0 Å². The number of nitrogens with zero attached hydrogens (tertiary/aromatic N) is 3. The minimum absolute atomic E-state index is 0.0477. The van der Waals surface area contributed by atoms with Crippen LogP contribution in [-0.2, 0) is 36.9 Å². The molecule has 0 bridgehead atoms. The Morgan fingerprint density at radius 3 is 2.07 bits per heavy atom. The molecule has 2 aromatic carbocycles. The lowest BCUT2D eigenvalue weighted by molar-refractivity contribution is -0.161. The first-order valence-electron chi connectivity index (χ1n) is 15.1. The highest BCUT2D eigenvalue weighted by Crippen LogP contribution is 2.24. The summed E-state index contributed by atoms with van der Waals surface area (Å²) in [5.41, 5.74) is 1.59. The summed E-state index contributed by atoms with van der Waals surface area (Å²) in [6, 6.07) is 14.5. The van der Waals surface area contributed by atoms with Gasteiger partial charge in [0.25, 0.3) is 0 Å². The van der Waals surface area contributed by atoms with Gasteiger partial charge in [-0.05, 0) is 37.3 Å². The lowest BCUT2D eigenvalue weighted by Gasteiger charge is -2.45.